The number of nitro benzene ring substituents is 2. The number of hydrogen-bond donors (Lipinski definition) is 2. The summed E-state index contributed by atoms with van der Waals surface area (Å²) in [4.78, 5) is 45.4. The molecule has 0 bridgehead atoms. The van der Waals surface area contributed by atoms with Gasteiger partial charge in [-0.1, -0.05) is 0 Å². The van der Waals surface area contributed by atoms with Crippen molar-refractivity contribution in [3.63, 3.8) is 0 Å². The van der Waals surface area contributed by atoms with Crippen LogP contribution in [0.3, 0.4) is 0 Å². The van der Waals surface area contributed by atoms with Crippen LogP contribution in [-0.4, -0.2) is 31.6 Å². The van der Waals surface area contributed by atoms with E-state index in [2.05, 4.69) is 0 Å². The van der Waals surface area contributed by atoms with Crippen molar-refractivity contribution in [3.05, 3.63) is 66.7 Å². The van der Waals surface area contributed by atoms with E-state index in [0.717, 1.165) is 18.2 Å². The van der Waals surface area contributed by atoms with Gasteiger partial charge in [-0.25, -0.2) is 0 Å². The Balaban J connectivity index is 2.45. The summed E-state index contributed by atoms with van der Waals surface area (Å²) in [7, 11) is 0. The van der Waals surface area contributed by atoms with E-state index in [0.29, 0.717) is 6.07 Å². The lowest BCUT2D eigenvalue weighted by molar-refractivity contribution is -0.385. The van der Waals surface area contributed by atoms with Gasteiger partial charge in [0.25, 0.3) is 11.4 Å². The second-order valence-electron chi connectivity index (χ2n) is 4.91. The van der Waals surface area contributed by atoms with Crippen molar-refractivity contribution >= 4 is 22.9 Å². The zero-order valence-corrected chi connectivity index (χ0v) is 11.5. The van der Waals surface area contributed by atoms with Gasteiger partial charge in [0, 0.05) is 11.6 Å². The number of benzene rings is 2. The molecular weight excluding hydrogens is 324 g/mol. The lowest BCUT2D eigenvalue weighted by atomic mass is 9.81. The van der Waals surface area contributed by atoms with Gasteiger partial charge in [0.1, 0.15) is 22.6 Å². The zero-order valence-electron chi connectivity index (χ0n) is 11.5. The van der Waals surface area contributed by atoms with E-state index in [9.17, 15) is 40.0 Å². The number of aromatic hydroxyl groups is 2. The third-order valence-corrected chi connectivity index (χ3v) is 3.58. The van der Waals surface area contributed by atoms with E-state index in [-0.39, 0.29) is 0 Å². The Labute approximate surface area is 131 Å². The Kier molecular flexibility index (Phi) is 3.04. The van der Waals surface area contributed by atoms with Crippen molar-refractivity contribution in [2.75, 3.05) is 0 Å². The van der Waals surface area contributed by atoms with Gasteiger partial charge in [-0.2, -0.15) is 0 Å². The highest BCUT2D eigenvalue weighted by molar-refractivity contribution is 6.32. The molecule has 2 aromatic rings. The SMILES string of the molecule is O=C1c2c(cc(O)cc2[N+](=O)[O-])C(=O)c2c([N+](=O)[O-])ccc(O)c21. The zero-order chi connectivity index (χ0) is 17.8. The molecule has 24 heavy (non-hydrogen) atoms. The van der Waals surface area contributed by atoms with E-state index in [1.165, 1.54) is 0 Å². The first kappa shape index (κ1) is 15.1. The van der Waals surface area contributed by atoms with Crippen LogP contribution < -0.4 is 0 Å². The largest absolute Gasteiger partial charge is 0.508 e. The van der Waals surface area contributed by atoms with Crippen LogP contribution in [0, 0.1) is 20.2 Å². The summed E-state index contributed by atoms with van der Waals surface area (Å²) >= 11 is 0. The number of phenols is 2. The highest BCUT2D eigenvalue weighted by atomic mass is 16.6. The number of hydrogen-bond acceptors (Lipinski definition) is 8. The summed E-state index contributed by atoms with van der Waals surface area (Å²) in [5.74, 6) is -3.52. The number of carbonyl (C=O) groups is 2. The number of nitrogens with zero attached hydrogens (tertiary/aromatic N) is 2. The summed E-state index contributed by atoms with van der Waals surface area (Å²) < 4.78 is 0. The van der Waals surface area contributed by atoms with Crippen molar-refractivity contribution in [2.24, 2.45) is 0 Å². The molecule has 3 rings (SSSR count). The van der Waals surface area contributed by atoms with E-state index >= 15 is 0 Å². The third-order valence-electron chi connectivity index (χ3n) is 3.58. The van der Waals surface area contributed by atoms with Crippen LogP contribution in [0.15, 0.2) is 24.3 Å². The normalized spacial score (nSPS) is 12.5. The quantitative estimate of drug-likeness (QED) is 0.530. The van der Waals surface area contributed by atoms with Crippen LogP contribution >= 0.6 is 0 Å². The minimum atomic E-state index is -1.10. The number of nitro groups is 2. The van der Waals surface area contributed by atoms with Crippen molar-refractivity contribution in [1.29, 1.82) is 0 Å². The smallest absolute Gasteiger partial charge is 0.285 e. The first-order chi connectivity index (χ1) is 11.2. The third kappa shape index (κ3) is 1.90. The predicted octanol–water partition coefficient (Wildman–Crippen LogP) is 1.69. The van der Waals surface area contributed by atoms with Crippen LogP contribution in [0.4, 0.5) is 11.4 Å². The minimum Gasteiger partial charge on any atom is -0.508 e. The van der Waals surface area contributed by atoms with Crippen molar-refractivity contribution in [3.8, 4) is 11.5 Å². The van der Waals surface area contributed by atoms with Crippen LogP contribution in [0.1, 0.15) is 31.8 Å². The van der Waals surface area contributed by atoms with Gasteiger partial charge in [-0.15, -0.1) is 0 Å². The Morgan fingerprint density at radius 2 is 1.42 bits per heavy atom. The molecule has 0 amide bonds. The fourth-order valence-electron chi connectivity index (χ4n) is 2.63. The lowest BCUT2D eigenvalue weighted by Crippen LogP contribution is -2.23. The minimum absolute atomic E-state index is 0.534. The van der Waals surface area contributed by atoms with Gasteiger partial charge in [-0.05, 0) is 12.1 Å². The molecule has 0 fully saturated rings. The van der Waals surface area contributed by atoms with E-state index in [1.807, 2.05) is 0 Å². The molecular formula is C14H6N2O8. The Morgan fingerprint density at radius 1 is 0.792 bits per heavy atom. The van der Waals surface area contributed by atoms with Gasteiger partial charge in [0.2, 0.25) is 11.6 Å². The van der Waals surface area contributed by atoms with Gasteiger partial charge in [-0.3, -0.25) is 29.8 Å². The van der Waals surface area contributed by atoms with Gasteiger partial charge in [0.15, 0.2) is 0 Å². The number of fused-ring (bicyclic) bond motifs is 2. The van der Waals surface area contributed by atoms with Crippen LogP contribution in [0.25, 0.3) is 0 Å². The monoisotopic (exact) mass is 330 g/mol. The number of carbonyl (C=O) groups excluding carboxylic acids is 2. The van der Waals surface area contributed by atoms with Crippen LogP contribution in [-0.2, 0) is 0 Å². The molecule has 1 aliphatic rings. The molecule has 0 heterocycles. The maximum atomic E-state index is 12.6. The van der Waals surface area contributed by atoms with Crippen molar-refractivity contribution in [2.45, 2.75) is 0 Å². The number of ketones is 2. The summed E-state index contributed by atoms with van der Waals surface area (Å²) in [6.07, 6.45) is 0. The van der Waals surface area contributed by atoms with E-state index in [4.69, 9.17) is 0 Å². The highest BCUT2D eigenvalue weighted by Crippen LogP contribution is 2.41. The van der Waals surface area contributed by atoms with Crippen molar-refractivity contribution in [1.82, 2.24) is 0 Å². The molecule has 0 saturated carbocycles. The molecule has 0 unspecified atom stereocenters. The maximum absolute atomic E-state index is 12.6. The van der Waals surface area contributed by atoms with Gasteiger partial charge in [0.05, 0.1) is 21.5 Å². The summed E-state index contributed by atoms with van der Waals surface area (Å²) in [6, 6.07) is 3.21. The van der Waals surface area contributed by atoms with E-state index < -0.39 is 66.5 Å². The maximum Gasteiger partial charge on any atom is 0.285 e. The standard InChI is InChI=1S/C14H6N2O8/c17-5-3-6-10(8(4-5)16(23)24)14(20)12-9(18)2-1-7(15(21)22)11(12)13(6)19/h1-4,17-18H. The van der Waals surface area contributed by atoms with Crippen LogP contribution in [0.5, 0.6) is 11.5 Å². The van der Waals surface area contributed by atoms with E-state index in [1.54, 1.807) is 0 Å². The molecule has 10 heteroatoms. The first-order valence-electron chi connectivity index (χ1n) is 6.35. The topological polar surface area (TPSA) is 161 Å². The van der Waals surface area contributed by atoms with Crippen molar-refractivity contribution < 1.29 is 29.6 Å². The average molecular weight is 330 g/mol. The second-order valence-corrected chi connectivity index (χ2v) is 4.91. The average Bonchev–Trinajstić information content (AvgIpc) is 2.50. The molecule has 0 spiro atoms. The predicted molar refractivity (Wildman–Crippen MR) is 76.4 cm³/mol. The van der Waals surface area contributed by atoms with Gasteiger partial charge < -0.3 is 10.2 Å². The number of phenolic OH excluding ortho intramolecular Hbond substituents is 2. The Hall–Kier alpha value is -3.82. The first-order valence-corrected chi connectivity index (χ1v) is 6.35. The fraction of sp³-hybridized carbons (Fsp3) is 0. The lowest BCUT2D eigenvalue weighted by Gasteiger charge is -2.18. The molecule has 1 aliphatic carbocycles. The second kappa shape index (κ2) is 4.84. The Bertz CT molecular complexity index is 979. The Morgan fingerprint density at radius 3 is 2.00 bits per heavy atom. The molecule has 2 N–H and O–H groups in total. The van der Waals surface area contributed by atoms with Gasteiger partial charge >= 0.3 is 0 Å². The molecule has 0 saturated heterocycles. The molecule has 0 aliphatic heterocycles. The molecule has 0 atom stereocenters. The molecule has 0 aromatic heterocycles. The molecule has 120 valence electrons. The summed E-state index contributed by atoms with van der Waals surface area (Å²) in [5.41, 5.74) is -4.07. The summed E-state index contributed by atoms with van der Waals surface area (Å²) in [5, 5.41) is 41.6. The molecule has 10 nitrogen and oxygen atoms in total. The molecule has 0 radical (unpaired) electrons. The fourth-order valence-corrected chi connectivity index (χ4v) is 2.63. The van der Waals surface area contributed by atoms with Crippen LogP contribution in [0.2, 0.25) is 0 Å². The highest BCUT2D eigenvalue weighted by Gasteiger charge is 2.41. The summed E-state index contributed by atoms with van der Waals surface area (Å²) in [6.45, 7) is 0. The number of rotatable bonds is 2. The molecule has 2 aromatic carbocycles.